The van der Waals surface area contributed by atoms with Crippen LogP contribution in [0, 0.1) is 0 Å². The van der Waals surface area contributed by atoms with Crippen LogP contribution in [-0.4, -0.2) is 51.5 Å². The molecule has 13 heteroatoms. The van der Waals surface area contributed by atoms with Crippen LogP contribution < -0.4 is 14.2 Å². The van der Waals surface area contributed by atoms with Crippen LogP contribution in [0.4, 0.5) is 0 Å². The summed E-state index contributed by atoms with van der Waals surface area (Å²) in [5.74, 6) is -1.12. The maximum absolute atomic E-state index is 13.4. The number of benzene rings is 2. The summed E-state index contributed by atoms with van der Waals surface area (Å²) in [6.45, 7) is 0. The molecule has 1 atom stereocenters. The van der Waals surface area contributed by atoms with Crippen molar-refractivity contribution in [1.29, 1.82) is 0 Å². The van der Waals surface area contributed by atoms with Crippen LogP contribution in [0.3, 0.4) is 0 Å². The van der Waals surface area contributed by atoms with Crippen LogP contribution in [0.5, 0.6) is 17.5 Å². The van der Waals surface area contributed by atoms with Gasteiger partial charge in [-0.05, 0) is 36.0 Å². The fourth-order valence-corrected chi connectivity index (χ4v) is 5.55. The summed E-state index contributed by atoms with van der Waals surface area (Å²) in [7, 11) is 2.93. The van der Waals surface area contributed by atoms with Crippen molar-refractivity contribution in [3.05, 3.63) is 64.7 Å². The minimum Gasteiger partial charge on any atom is -0.497 e. The lowest BCUT2D eigenvalue weighted by molar-refractivity contribution is 0.0377. The standard InChI is InChI=1S/C23H24ClN2O8PS/c1-29-15-11-9-14(10-12-15)22(35(28,32-4)33-5)34-21(27)20-16(24)7-6-8-17(20)36-23-25-18(30-2)13-19(26-23)31-3/h6-13,22H,1-5H3. The number of carbonyl (C=O) groups is 1. The summed E-state index contributed by atoms with van der Waals surface area (Å²) in [5, 5.41) is 0.353. The first-order valence-corrected chi connectivity index (χ1v) is 13.1. The maximum atomic E-state index is 13.4. The Hall–Kier alpha value is -2.82. The van der Waals surface area contributed by atoms with Crippen LogP contribution >= 0.6 is 31.0 Å². The molecule has 2 aromatic carbocycles. The fourth-order valence-electron chi connectivity index (χ4n) is 3.03. The summed E-state index contributed by atoms with van der Waals surface area (Å²) in [6, 6.07) is 12.8. The monoisotopic (exact) mass is 554 g/mol. The van der Waals surface area contributed by atoms with Gasteiger partial charge in [0.15, 0.2) is 5.16 Å². The molecule has 1 heterocycles. The van der Waals surface area contributed by atoms with Gasteiger partial charge >= 0.3 is 13.6 Å². The topological polar surface area (TPSA) is 115 Å². The highest BCUT2D eigenvalue weighted by molar-refractivity contribution is 7.99. The van der Waals surface area contributed by atoms with Crippen LogP contribution in [0.25, 0.3) is 0 Å². The van der Waals surface area contributed by atoms with E-state index >= 15 is 0 Å². The van der Waals surface area contributed by atoms with Gasteiger partial charge < -0.3 is 28.0 Å². The Morgan fingerprint density at radius 3 is 2.06 bits per heavy atom. The van der Waals surface area contributed by atoms with Gasteiger partial charge in [0, 0.05) is 24.7 Å². The minimum absolute atomic E-state index is 0.0202. The van der Waals surface area contributed by atoms with E-state index in [-0.39, 0.29) is 27.5 Å². The molecule has 0 N–H and O–H groups in total. The number of esters is 1. The molecule has 0 amide bonds. The number of hydrogen-bond acceptors (Lipinski definition) is 11. The normalized spacial score (nSPS) is 12.1. The van der Waals surface area contributed by atoms with E-state index in [1.165, 1.54) is 47.7 Å². The molecule has 0 aliphatic heterocycles. The third-order valence-corrected chi connectivity index (χ3v) is 8.11. The minimum atomic E-state index is -3.92. The number of nitrogens with zero attached hydrogens (tertiary/aromatic N) is 2. The number of hydrogen-bond donors (Lipinski definition) is 0. The second-order valence-corrected chi connectivity index (χ2v) is 10.6. The Morgan fingerprint density at radius 2 is 1.53 bits per heavy atom. The van der Waals surface area contributed by atoms with Crippen molar-refractivity contribution in [3.63, 3.8) is 0 Å². The first-order valence-electron chi connectivity index (χ1n) is 10.3. The first kappa shape index (κ1) is 27.8. The molecule has 3 rings (SSSR count). The number of carbonyl (C=O) groups excluding carboxylic acids is 1. The van der Waals surface area contributed by atoms with Gasteiger partial charge in [0.05, 0.1) is 38.0 Å². The van der Waals surface area contributed by atoms with Crippen molar-refractivity contribution in [2.75, 3.05) is 35.5 Å². The number of ether oxygens (including phenoxy) is 4. The van der Waals surface area contributed by atoms with Crippen LogP contribution in [-0.2, 0) is 18.3 Å². The molecule has 0 saturated carbocycles. The van der Waals surface area contributed by atoms with Gasteiger partial charge in [-0.2, -0.15) is 9.97 Å². The molecule has 0 aliphatic carbocycles. The lowest BCUT2D eigenvalue weighted by Crippen LogP contribution is -2.15. The SMILES string of the molecule is COc1ccc(C(OC(=O)c2c(Cl)cccc2Sc2nc(OC)cc(OC)n2)P(=O)(OC)OC)cc1. The molecule has 0 saturated heterocycles. The lowest BCUT2D eigenvalue weighted by Gasteiger charge is -2.25. The van der Waals surface area contributed by atoms with E-state index in [4.69, 9.17) is 39.6 Å². The van der Waals surface area contributed by atoms with E-state index in [9.17, 15) is 9.36 Å². The molecule has 0 fully saturated rings. The molecule has 1 aromatic heterocycles. The highest BCUT2D eigenvalue weighted by Crippen LogP contribution is 2.60. The molecule has 0 bridgehead atoms. The number of halogens is 1. The van der Waals surface area contributed by atoms with Crippen LogP contribution in [0.1, 0.15) is 21.8 Å². The van der Waals surface area contributed by atoms with Gasteiger partial charge in [-0.25, -0.2) is 4.79 Å². The zero-order valence-corrected chi connectivity index (χ0v) is 22.6. The number of rotatable bonds is 11. The van der Waals surface area contributed by atoms with Gasteiger partial charge in [0.1, 0.15) is 5.75 Å². The Kier molecular flexibility index (Phi) is 9.58. The number of aromatic nitrogens is 2. The lowest BCUT2D eigenvalue weighted by atomic mass is 10.2. The van der Waals surface area contributed by atoms with Crippen molar-refractivity contribution in [2.45, 2.75) is 15.9 Å². The molecule has 36 heavy (non-hydrogen) atoms. The van der Waals surface area contributed by atoms with Crippen LogP contribution in [0.15, 0.2) is 58.6 Å². The van der Waals surface area contributed by atoms with Gasteiger partial charge in [0.2, 0.25) is 17.6 Å². The zero-order valence-electron chi connectivity index (χ0n) is 20.1. The van der Waals surface area contributed by atoms with Crippen molar-refractivity contribution in [2.24, 2.45) is 0 Å². The average molecular weight is 555 g/mol. The zero-order chi connectivity index (χ0) is 26.3. The summed E-state index contributed by atoms with van der Waals surface area (Å²) in [5.41, 5.74) is 0.394. The molecule has 3 aromatic rings. The van der Waals surface area contributed by atoms with E-state index in [0.29, 0.717) is 16.2 Å². The Labute approximate surface area is 217 Å². The molecule has 0 aliphatic rings. The molecule has 0 spiro atoms. The molecule has 192 valence electrons. The van der Waals surface area contributed by atoms with Crippen LogP contribution in [0.2, 0.25) is 5.02 Å². The Balaban J connectivity index is 2.00. The summed E-state index contributed by atoms with van der Waals surface area (Å²) < 4.78 is 44.9. The average Bonchev–Trinajstić information content (AvgIpc) is 2.91. The van der Waals surface area contributed by atoms with Gasteiger partial charge in [-0.15, -0.1) is 0 Å². The van der Waals surface area contributed by atoms with E-state index in [1.807, 2.05) is 0 Å². The molecule has 0 radical (unpaired) electrons. The number of methoxy groups -OCH3 is 3. The third kappa shape index (κ3) is 6.29. The second-order valence-electron chi connectivity index (χ2n) is 6.89. The van der Waals surface area contributed by atoms with Crippen molar-refractivity contribution >= 4 is 36.9 Å². The maximum Gasteiger partial charge on any atom is 0.375 e. The quantitative estimate of drug-likeness (QED) is 0.166. The largest absolute Gasteiger partial charge is 0.497 e. The Morgan fingerprint density at radius 1 is 0.917 bits per heavy atom. The molecular weight excluding hydrogens is 531 g/mol. The molecular formula is C23H24ClN2O8PS. The van der Waals surface area contributed by atoms with Gasteiger partial charge in [-0.1, -0.05) is 29.8 Å². The third-order valence-electron chi connectivity index (χ3n) is 4.87. The molecule has 10 nitrogen and oxygen atoms in total. The van der Waals surface area contributed by atoms with E-state index in [1.54, 1.807) is 36.4 Å². The second kappa shape index (κ2) is 12.4. The fraction of sp³-hybridized carbons (Fsp3) is 0.261. The van der Waals surface area contributed by atoms with Crippen molar-refractivity contribution in [1.82, 2.24) is 9.97 Å². The Bertz CT molecular complexity index is 1230. The smallest absolute Gasteiger partial charge is 0.375 e. The van der Waals surface area contributed by atoms with Gasteiger partial charge in [-0.3, -0.25) is 4.57 Å². The summed E-state index contributed by atoms with van der Waals surface area (Å²) in [6.07, 6.45) is 0. The predicted octanol–water partition coefficient (Wildman–Crippen LogP) is 5.65. The van der Waals surface area contributed by atoms with Crippen molar-refractivity contribution in [3.8, 4) is 17.5 Å². The highest BCUT2D eigenvalue weighted by atomic mass is 35.5. The van der Waals surface area contributed by atoms with Crippen molar-refractivity contribution < 1.29 is 37.4 Å². The van der Waals surface area contributed by atoms with Gasteiger partial charge in [0.25, 0.3) is 0 Å². The molecule has 1 unspecified atom stereocenters. The summed E-state index contributed by atoms with van der Waals surface area (Å²) in [4.78, 5) is 22.4. The highest BCUT2D eigenvalue weighted by Gasteiger charge is 2.40. The van der Waals surface area contributed by atoms with E-state index in [0.717, 1.165) is 11.8 Å². The summed E-state index contributed by atoms with van der Waals surface area (Å²) >= 11 is 7.45. The van der Waals surface area contributed by atoms with E-state index in [2.05, 4.69) is 9.97 Å². The predicted molar refractivity (Wildman–Crippen MR) is 133 cm³/mol. The van der Waals surface area contributed by atoms with E-state index < -0.39 is 19.4 Å². The first-order chi connectivity index (χ1) is 17.3.